The Hall–Kier alpha value is -2.53. The van der Waals surface area contributed by atoms with Gasteiger partial charge in [0, 0.05) is 0 Å². The zero-order valence-corrected chi connectivity index (χ0v) is 16.1. The van der Waals surface area contributed by atoms with E-state index in [0.29, 0.717) is 11.3 Å². The van der Waals surface area contributed by atoms with E-state index < -0.39 is 46.8 Å². The first-order valence-electron chi connectivity index (χ1n) is 7.87. The van der Waals surface area contributed by atoms with Crippen molar-refractivity contribution in [3.05, 3.63) is 18.2 Å². The molecule has 0 saturated carbocycles. The molecule has 4 nitrogen and oxygen atoms in total. The Bertz CT molecular complexity index is 1050. The zero-order valence-electron chi connectivity index (χ0n) is 15.3. The number of methoxy groups -OCH3 is 1. The highest BCUT2D eigenvalue weighted by Crippen LogP contribution is 2.60. The van der Waals surface area contributed by atoms with Crippen LogP contribution in [0.5, 0.6) is 5.75 Å². The number of nitrogens with zero attached hydrogens (tertiary/aromatic N) is 1. The summed E-state index contributed by atoms with van der Waals surface area (Å²) in [4.78, 5) is 15.0. The van der Waals surface area contributed by atoms with Crippen LogP contribution in [0, 0.1) is 0 Å². The van der Waals surface area contributed by atoms with Crippen LogP contribution in [0.1, 0.15) is 0 Å². The van der Waals surface area contributed by atoms with Crippen LogP contribution in [-0.4, -0.2) is 53.8 Å². The minimum absolute atomic E-state index is 0.0622. The number of fused-ring (bicyclic) bond motifs is 1. The number of benzene rings is 1. The number of amides is 1. The Balaban J connectivity index is 2.42. The molecule has 1 amide bonds. The van der Waals surface area contributed by atoms with Crippen LogP contribution in [-0.2, 0) is 4.79 Å². The van der Waals surface area contributed by atoms with E-state index >= 15 is 0 Å². The summed E-state index contributed by atoms with van der Waals surface area (Å²) in [7, 11) is 1.21. The molecule has 0 aliphatic heterocycles. The fourth-order valence-corrected chi connectivity index (χ4v) is 3.06. The third kappa shape index (κ3) is 3.90. The predicted octanol–water partition coefficient (Wildman–Crippen LogP) is 5.98. The third-order valence-corrected chi connectivity index (χ3v) is 4.97. The molecule has 0 spiro atoms. The summed E-state index contributed by atoms with van der Waals surface area (Å²) in [6, 6.07) is 3.67. The lowest BCUT2D eigenvalue weighted by Crippen LogP contribution is -2.71. The maximum Gasteiger partial charge on any atom is 0.460 e. The van der Waals surface area contributed by atoms with Crippen LogP contribution in [0.3, 0.4) is 0 Å². The van der Waals surface area contributed by atoms with E-state index in [1.54, 1.807) is 0 Å². The van der Waals surface area contributed by atoms with Crippen molar-refractivity contribution in [2.45, 2.75) is 35.8 Å². The van der Waals surface area contributed by atoms with Crippen molar-refractivity contribution >= 4 is 32.6 Å². The summed E-state index contributed by atoms with van der Waals surface area (Å²) >= 11 is 0.297. The Morgan fingerprint density at radius 2 is 1.36 bits per heavy atom. The Kier molecular flexibility index (Phi) is 6.29. The zero-order chi connectivity index (χ0) is 25.8. The average Bonchev–Trinajstić information content (AvgIpc) is 3.07. The molecular weight excluding hydrogens is 519 g/mol. The fraction of sp³-hybridized carbons (Fsp3) is 0.467. The number of thiazole rings is 1. The quantitative estimate of drug-likeness (QED) is 0.452. The normalized spacial score (nSPS) is 14.5. The van der Waals surface area contributed by atoms with Crippen molar-refractivity contribution in [2.75, 3.05) is 12.4 Å². The van der Waals surface area contributed by atoms with Gasteiger partial charge < -0.3 is 4.74 Å². The second-order valence-electron chi connectivity index (χ2n) is 6.18. The molecule has 2 aromatic rings. The fourth-order valence-electron chi connectivity index (χ4n) is 2.17. The molecule has 2 rings (SSSR count). The molecule has 0 fully saturated rings. The molecule has 0 saturated heterocycles. The lowest BCUT2D eigenvalue weighted by molar-refractivity contribution is -0.435. The molecule has 1 aromatic heterocycles. The average molecular weight is 526 g/mol. The van der Waals surface area contributed by atoms with Gasteiger partial charge >= 0.3 is 41.7 Å². The van der Waals surface area contributed by atoms with Gasteiger partial charge in [-0.15, -0.1) is 0 Å². The number of halogens is 13. The summed E-state index contributed by atoms with van der Waals surface area (Å²) in [5, 5.41) is -0.0322. The molecule has 0 aliphatic carbocycles. The van der Waals surface area contributed by atoms with Gasteiger partial charge in [0.1, 0.15) is 5.75 Å². The number of ether oxygens (including phenoxy) is 1. The lowest BCUT2D eigenvalue weighted by Gasteiger charge is -2.39. The largest absolute Gasteiger partial charge is 0.497 e. The maximum atomic E-state index is 13.8. The van der Waals surface area contributed by atoms with Crippen LogP contribution >= 0.6 is 11.3 Å². The van der Waals surface area contributed by atoms with E-state index in [-0.39, 0.29) is 16.0 Å². The van der Waals surface area contributed by atoms with Gasteiger partial charge in [0.25, 0.3) is 0 Å². The van der Waals surface area contributed by atoms with Gasteiger partial charge in [-0.05, 0) is 18.2 Å². The van der Waals surface area contributed by atoms with E-state index in [9.17, 15) is 61.9 Å². The smallest absolute Gasteiger partial charge is 0.460 e. The standard InChI is InChI=1S/C15H7F13N2O2S/c1-32-5-2-3-6-7(4-5)33-9(29-6)30-8(31)10(16,17)11(18,19)12(20,21)13(22,23)14(24,25)15(26,27)28/h2-4H,1H3,(H,29,30,31). The monoisotopic (exact) mass is 526 g/mol. The summed E-state index contributed by atoms with van der Waals surface area (Å²) < 4.78 is 175. The first kappa shape index (κ1) is 26.7. The minimum Gasteiger partial charge on any atom is -0.497 e. The van der Waals surface area contributed by atoms with E-state index in [2.05, 4.69) is 4.98 Å². The SMILES string of the molecule is COc1ccc2nc(NC(=O)C(F)(F)C(F)(F)C(F)(F)C(F)(F)C(F)(F)C(F)(F)F)sc2c1. The van der Waals surface area contributed by atoms with Crippen molar-refractivity contribution in [1.82, 2.24) is 4.98 Å². The van der Waals surface area contributed by atoms with E-state index in [0.717, 1.165) is 5.32 Å². The number of carbonyl (C=O) groups is 1. The van der Waals surface area contributed by atoms with Crippen LogP contribution in [0.25, 0.3) is 10.2 Å². The van der Waals surface area contributed by atoms with Gasteiger partial charge in [0.2, 0.25) is 0 Å². The van der Waals surface area contributed by atoms with Crippen LogP contribution in [0.4, 0.5) is 62.2 Å². The predicted molar refractivity (Wildman–Crippen MR) is 85.6 cm³/mol. The number of carbonyl (C=O) groups excluding carboxylic acids is 1. The molecule has 0 bridgehead atoms. The Morgan fingerprint density at radius 1 is 0.848 bits per heavy atom. The molecule has 0 atom stereocenters. The first-order valence-corrected chi connectivity index (χ1v) is 8.68. The van der Waals surface area contributed by atoms with Gasteiger partial charge in [-0.1, -0.05) is 11.3 Å². The van der Waals surface area contributed by atoms with Gasteiger partial charge in [-0.2, -0.15) is 57.1 Å². The number of rotatable bonds is 7. The summed E-state index contributed by atoms with van der Waals surface area (Å²) in [6.45, 7) is 0. The van der Waals surface area contributed by atoms with Crippen molar-refractivity contribution in [2.24, 2.45) is 0 Å². The first-order chi connectivity index (χ1) is 14.6. The number of alkyl halides is 13. The molecule has 1 N–H and O–H groups in total. The molecule has 186 valence electrons. The molecule has 33 heavy (non-hydrogen) atoms. The Morgan fingerprint density at radius 3 is 1.85 bits per heavy atom. The number of nitrogens with one attached hydrogen (secondary N) is 1. The van der Waals surface area contributed by atoms with Crippen molar-refractivity contribution in [3.8, 4) is 5.75 Å². The van der Waals surface area contributed by atoms with Crippen molar-refractivity contribution < 1.29 is 66.6 Å². The van der Waals surface area contributed by atoms with Gasteiger partial charge in [0.05, 0.1) is 17.3 Å². The lowest BCUT2D eigenvalue weighted by atomic mass is 9.93. The second-order valence-corrected chi connectivity index (χ2v) is 7.21. The highest BCUT2D eigenvalue weighted by Gasteiger charge is 2.91. The van der Waals surface area contributed by atoms with Gasteiger partial charge in [-0.25, -0.2) is 4.98 Å². The van der Waals surface area contributed by atoms with Gasteiger partial charge in [0.15, 0.2) is 5.13 Å². The number of hydrogen-bond acceptors (Lipinski definition) is 4. The van der Waals surface area contributed by atoms with Crippen LogP contribution in [0.15, 0.2) is 18.2 Å². The molecule has 18 heteroatoms. The van der Waals surface area contributed by atoms with Crippen LogP contribution in [0.2, 0.25) is 0 Å². The van der Waals surface area contributed by atoms with Crippen LogP contribution < -0.4 is 10.1 Å². The molecule has 1 heterocycles. The summed E-state index contributed by atoms with van der Waals surface area (Å²) in [5.74, 6) is -41.9. The van der Waals surface area contributed by atoms with E-state index in [1.807, 2.05) is 0 Å². The number of aromatic nitrogens is 1. The molecular formula is C15H7F13N2O2S. The molecule has 0 radical (unpaired) electrons. The third-order valence-electron chi connectivity index (χ3n) is 4.03. The number of anilines is 1. The molecule has 1 aromatic carbocycles. The van der Waals surface area contributed by atoms with Gasteiger partial charge in [-0.3, -0.25) is 10.1 Å². The maximum absolute atomic E-state index is 13.8. The topological polar surface area (TPSA) is 51.2 Å². The van der Waals surface area contributed by atoms with E-state index in [1.165, 1.54) is 25.3 Å². The second kappa shape index (κ2) is 7.76. The van der Waals surface area contributed by atoms with Crippen molar-refractivity contribution in [3.63, 3.8) is 0 Å². The molecule has 0 unspecified atom stereocenters. The summed E-state index contributed by atoms with van der Waals surface area (Å²) in [5.41, 5.74) is -0.0622. The Labute approximate surface area is 177 Å². The number of hydrogen-bond donors (Lipinski definition) is 1. The highest BCUT2D eigenvalue weighted by molar-refractivity contribution is 7.22. The minimum atomic E-state index is -8.09. The van der Waals surface area contributed by atoms with E-state index in [4.69, 9.17) is 4.74 Å². The highest BCUT2D eigenvalue weighted by atomic mass is 32.1. The summed E-state index contributed by atoms with van der Waals surface area (Å²) in [6.07, 6.45) is -7.53. The van der Waals surface area contributed by atoms with Crippen molar-refractivity contribution in [1.29, 1.82) is 0 Å². The molecule has 0 aliphatic rings.